The zero-order valence-corrected chi connectivity index (χ0v) is 12.0. The summed E-state index contributed by atoms with van der Waals surface area (Å²) in [6.07, 6.45) is -4.79. The average Bonchev–Trinajstić information content (AvgIpc) is 2.84. The molecule has 0 aromatic heterocycles. The number of aromatic carboxylic acids is 1. The Labute approximate surface area is 133 Å². The average molecular weight is 337 g/mol. The van der Waals surface area contributed by atoms with E-state index in [0.29, 0.717) is 11.3 Å². The molecule has 0 radical (unpaired) electrons. The monoisotopic (exact) mass is 337 g/mol. The number of carbonyl (C=O) groups excluding carboxylic acids is 1. The van der Waals surface area contributed by atoms with Crippen molar-refractivity contribution < 1.29 is 32.6 Å². The number of amides is 1. The van der Waals surface area contributed by atoms with Gasteiger partial charge in [0.1, 0.15) is 5.75 Å². The van der Waals surface area contributed by atoms with E-state index in [4.69, 9.17) is 0 Å². The maximum absolute atomic E-state index is 12.4. The number of fused-ring (bicyclic) bond motifs is 1. The summed E-state index contributed by atoms with van der Waals surface area (Å²) in [7, 11) is 0. The van der Waals surface area contributed by atoms with E-state index in [1.807, 2.05) is 0 Å². The van der Waals surface area contributed by atoms with Crippen LogP contribution in [0.1, 0.15) is 26.3 Å². The molecule has 0 saturated carbocycles. The van der Waals surface area contributed by atoms with Gasteiger partial charge in [-0.1, -0.05) is 6.07 Å². The Balaban J connectivity index is 1.88. The first-order valence-corrected chi connectivity index (χ1v) is 6.79. The zero-order valence-electron chi connectivity index (χ0n) is 12.0. The topological polar surface area (TPSA) is 66.8 Å². The van der Waals surface area contributed by atoms with Crippen LogP contribution in [0.25, 0.3) is 0 Å². The first-order valence-electron chi connectivity index (χ1n) is 6.79. The van der Waals surface area contributed by atoms with Crippen LogP contribution < -0.4 is 9.64 Å². The molecule has 1 heterocycles. The quantitative estimate of drug-likeness (QED) is 0.932. The van der Waals surface area contributed by atoms with Crippen LogP contribution in [0, 0.1) is 0 Å². The van der Waals surface area contributed by atoms with Gasteiger partial charge in [0.15, 0.2) is 0 Å². The summed E-state index contributed by atoms with van der Waals surface area (Å²) in [5, 5.41) is 9.18. The van der Waals surface area contributed by atoms with Crippen LogP contribution in [0.5, 0.6) is 5.75 Å². The third kappa shape index (κ3) is 2.90. The van der Waals surface area contributed by atoms with E-state index in [-0.39, 0.29) is 17.7 Å². The lowest BCUT2D eigenvalue weighted by Gasteiger charge is -2.16. The fourth-order valence-corrected chi connectivity index (χ4v) is 2.57. The van der Waals surface area contributed by atoms with E-state index in [2.05, 4.69) is 4.74 Å². The summed E-state index contributed by atoms with van der Waals surface area (Å²) in [5.41, 5.74) is 1.03. The van der Waals surface area contributed by atoms with Gasteiger partial charge in [0.05, 0.1) is 12.1 Å². The summed E-state index contributed by atoms with van der Waals surface area (Å²) in [5.74, 6) is -1.95. The summed E-state index contributed by atoms with van der Waals surface area (Å²) in [4.78, 5) is 24.9. The summed E-state index contributed by atoms with van der Waals surface area (Å²) in [6.45, 7) is 0.0378. The van der Waals surface area contributed by atoms with Crippen LogP contribution in [0.4, 0.5) is 18.9 Å². The Bertz CT molecular complexity index is 815. The van der Waals surface area contributed by atoms with Crippen molar-refractivity contribution in [3.63, 3.8) is 0 Å². The Morgan fingerprint density at radius 2 is 1.79 bits per heavy atom. The minimum Gasteiger partial charge on any atom is -0.478 e. The number of benzene rings is 2. The summed E-state index contributed by atoms with van der Waals surface area (Å²) < 4.78 is 40.3. The highest BCUT2D eigenvalue weighted by atomic mass is 19.4. The lowest BCUT2D eigenvalue weighted by Crippen LogP contribution is -2.23. The molecule has 0 atom stereocenters. The fraction of sp³-hybridized carbons (Fsp3) is 0.125. The Kier molecular flexibility index (Phi) is 3.67. The number of hydrogen-bond donors (Lipinski definition) is 1. The number of carbonyl (C=O) groups is 2. The number of hydrogen-bond acceptors (Lipinski definition) is 3. The second-order valence-corrected chi connectivity index (χ2v) is 5.07. The largest absolute Gasteiger partial charge is 0.573 e. The number of rotatable bonds is 3. The van der Waals surface area contributed by atoms with Crippen LogP contribution in [0.3, 0.4) is 0 Å². The SMILES string of the molecule is O=C(O)c1cccc2c1CN(c1ccc(OC(F)(F)F)cc1)C2=O. The highest BCUT2D eigenvalue weighted by molar-refractivity contribution is 6.12. The van der Waals surface area contributed by atoms with Gasteiger partial charge < -0.3 is 14.7 Å². The van der Waals surface area contributed by atoms with Crippen molar-refractivity contribution in [1.29, 1.82) is 0 Å². The van der Waals surface area contributed by atoms with Gasteiger partial charge in [-0.05, 0) is 42.0 Å². The number of nitrogens with zero attached hydrogens (tertiary/aromatic N) is 1. The van der Waals surface area contributed by atoms with Gasteiger partial charge in [-0.25, -0.2) is 4.79 Å². The van der Waals surface area contributed by atoms with Crippen LogP contribution in [0.2, 0.25) is 0 Å². The predicted octanol–water partition coefficient (Wildman–Crippen LogP) is 3.44. The van der Waals surface area contributed by atoms with E-state index in [9.17, 15) is 27.9 Å². The maximum Gasteiger partial charge on any atom is 0.573 e. The van der Waals surface area contributed by atoms with E-state index in [0.717, 1.165) is 12.1 Å². The van der Waals surface area contributed by atoms with Crippen molar-refractivity contribution in [2.75, 3.05) is 4.90 Å². The molecular weight excluding hydrogens is 327 g/mol. The van der Waals surface area contributed by atoms with Crippen molar-refractivity contribution in [2.45, 2.75) is 12.9 Å². The first kappa shape index (κ1) is 15.9. The van der Waals surface area contributed by atoms with Gasteiger partial charge in [0, 0.05) is 11.3 Å². The Morgan fingerprint density at radius 1 is 1.12 bits per heavy atom. The maximum atomic E-state index is 12.4. The molecule has 5 nitrogen and oxygen atoms in total. The molecule has 0 spiro atoms. The van der Waals surface area contributed by atoms with Crippen LogP contribution in [-0.4, -0.2) is 23.3 Å². The molecule has 0 aliphatic carbocycles. The standard InChI is InChI=1S/C16H10F3NO4/c17-16(18,19)24-10-6-4-9(5-7-10)20-8-13-11(14(20)21)2-1-3-12(13)15(22)23/h1-7H,8H2,(H,22,23). The van der Waals surface area contributed by atoms with Crippen LogP contribution >= 0.6 is 0 Å². The zero-order chi connectivity index (χ0) is 17.5. The number of anilines is 1. The molecule has 0 saturated heterocycles. The van der Waals surface area contributed by atoms with Crippen molar-refractivity contribution in [3.05, 3.63) is 59.2 Å². The van der Waals surface area contributed by atoms with Gasteiger partial charge in [0.2, 0.25) is 0 Å². The molecule has 124 valence electrons. The van der Waals surface area contributed by atoms with Crippen molar-refractivity contribution in [3.8, 4) is 5.75 Å². The van der Waals surface area contributed by atoms with Crippen LogP contribution in [0.15, 0.2) is 42.5 Å². The lowest BCUT2D eigenvalue weighted by atomic mass is 10.0. The van der Waals surface area contributed by atoms with Crippen molar-refractivity contribution in [2.24, 2.45) is 0 Å². The third-order valence-corrected chi connectivity index (χ3v) is 3.58. The van der Waals surface area contributed by atoms with Gasteiger partial charge in [-0.3, -0.25) is 4.79 Å². The van der Waals surface area contributed by atoms with Gasteiger partial charge >= 0.3 is 12.3 Å². The molecule has 0 fully saturated rings. The third-order valence-electron chi connectivity index (χ3n) is 3.58. The molecular formula is C16H10F3NO4. The second kappa shape index (κ2) is 5.55. The minimum atomic E-state index is -4.79. The molecule has 1 aliphatic rings. The number of carboxylic acid groups (broad SMARTS) is 1. The molecule has 1 N–H and O–H groups in total. The predicted molar refractivity (Wildman–Crippen MR) is 77.0 cm³/mol. The molecule has 2 aromatic carbocycles. The smallest absolute Gasteiger partial charge is 0.478 e. The molecule has 8 heteroatoms. The lowest BCUT2D eigenvalue weighted by molar-refractivity contribution is -0.274. The highest BCUT2D eigenvalue weighted by Gasteiger charge is 2.33. The molecule has 2 aromatic rings. The van der Waals surface area contributed by atoms with Gasteiger partial charge in [-0.2, -0.15) is 0 Å². The Hall–Kier alpha value is -3.03. The van der Waals surface area contributed by atoms with Crippen molar-refractivity contribution in [1.82, 2.24) is 0 Å². The molecule has 1 aliphatic heterocycles. The van der Waals surface area contributed by atoms with Gasteiger partial charge in [0.25, 0.3) is 5.91 Å². The summed E-state index contributed by atoms with van der Waals surface area (Å²) >= 11 is 0. The van der Waals surface area contributed by atoms with E-state index in [1.54, 1.807) is 0 Å². The van der Waals surface area contributed by atoms with Crippen LogP contribution in [-0.2, 0) is 6.54 Å². The van der Waals surface area contributed by atoms with E-state index < -0.39 is 24.0 Å². The highest BCUT2D eigenvalue weighted by Crippen LogP contribution is 2.32. The van der Waals surface area contributed by atoms with E-state index >= 15 is 0 Å². The molecule has 0 unspecified atom stereocenters. The second-order valence-electron chi connectivity index (χ2n) is 5.07. The van der Waals surface area contributed by atoms with Crippen molar-refractivity contribution >= 4 is 17.6 Å². The number of carboxylic acids is 1. The molecule has 24 heavy (non-hydrogen) atoms. The first-order chi connectivity index (χ1) is 11.3. The van der Waals surface area contributed by atoms with E-state index in [1.165, 1.54) is 35.2 Å². The normalized spacial score (nSPS) is 13.8. The number of alkyl halides is 3. The Morgan fingerprint density at radius 3 is 2.38 bits per heavy atom. The molecule has 0 bridgehead atoms. The molecule has 1 amide bonds. The van der Waals surface area contributed by atoms with Gasteiger partial charge in [-0.15, -0.1) is 13.2 Å². The fourth-order valence-electron chi connectivity index (χ4n) is 2.57. The summed E-state index contributed by atoms with van der Waals surface area (Å²) in [6, 6.07) is 9.21. The minimum absolute atomic E-state index is 0.0281. The number of ether oxygens (including phenoxy) is 1. The number of halogens is 3. The molecule has 3 rings (SSSR count).